The number of nitrogens with zero attached hydrogens (tertiary/aromatic N) is 2. The zero-order chi connectivity index (χ0) is 42.0. The summed E-state index contributed by atoms with van der Waals surface area (Å²) in [5, 5.41) is 0. The summed E-state index contributed by atoms with van der Waals surface area (Å²) in [6.07, 6.45) is 1.87. The number of carbonyl (C=O) groups excluding carboxylic acids is 2. The van der Waals surface area contributed by atoms with Gasteiger partial charge in [0.2, 0.25) is 0 Å². The number of amides is 2. The van der Waals surface area contributed by atoms with Gasteiger partial charge in [0, 0.05) is 40.8 Å². The fourth-order valence-corrected chi connectivity index (χ4v) is 7.44. The summed E-state index contributed by atoms with van der Waals surface area (Å²) in [6, 6.07) is 12.5. The van der Waals surface area contributed by atoms with Crippen LogP contribution in [-0.2, 0) is 40.8 Å². The molecule has 10 nitrogen and oxygen atoms in total. The quantitative estimate of drug-likeness (QED) is 0.285. The molecule has 2 amide bonds. The van der Waals surface area contributed by atoms with E-state index in [1.54, 1.807) is 0 Å². The highest BCUT2D eigenvalue weighted by molar-refractivity contribution is 9.10. The molecule has 0 bridgehead atoms. The van der Waals surface area contributed by atoms with Gasteiger partial charge in [0.1, 0.15) is 0 Å². The first kappa shape index (κ1) is 47.5. The lowest BCUT2D eigenvalue weighted by atomic mass is 9.49. The lowest BCUT2D eigenvalue weighted by molar-refractivity contribution is 0.00578. The first-order valence-corrected chi connectivity index (χ1v) is 21.0. The van der Waals surface area contributed by atoms with Gasteiger partial charge < -0.3 is 37.7 Å². The Hall–Kier alpha value is -2.19. The average molecular weight is 853 g/mol. The van der Waals surface area contributed by atoms with Gasteiger partial charge in [-0.3, -0.25) is 9.59 Å². The molecular formula is C43H68B3BrN2O8. The molecule has 5 aliphatic heterocycles. The second-order valence-corrected chi connectivity index (χ2v) is 20.2. The maximum absolute atomic E-state index is 12.7. The molecule has 14 heteroatoms. The van der Waals surface area contributed by atoms with Gasteiger partial charge in [-0.15, -0.1) is 0 Å². The Balaban J connectivity index is 0.000000192. The van der Waals surface area contributed by atoms with Crippen LogP contribution in [0.5, 0.6) is 0 Å². The van der Waals surface area contributed by atoms with Gasteiger partial charge in [0.05, 0.1) is 33.6 Å². The standard InChI is InChI=1S/C18H26BNO3.C12H24B2O4.C12H14BrNO.CH4/c1-12(2)20-10-9-13-7-8-14(11-15(13)16(20)21)19-22-17(3,4)18(5,6)23-19;1-9(2)10(3,4)16-13(15-9)14-17-11(5,6)12(7,8)18-14;1-8(2)14-6-5-9-3-4-10(13)7-11(9)12(14)15;/h7-8,11-12H,9-10H2,1-6H3;1-8H3;3-4,7-8H,5-6H2,1-2H3;1H4. The molecule has 0 atom stereocenters. The predicted octanol–water partition coefficient (Wildman–Crippen LogP) is 8.13. The Morgan fingerprint density at radius 2 is 0.877 bits per heavy atom. The lowest BCUT2D eigenvalue weighted by Gasteiger charge is -2.32. The summed E-state index contributed by atoms with van der Waals surface area (Å²) in [5.41, 5.74) is 2.66. The molecule has 0 aromatic heterocycles. The van der Waals surface area contributed by atoms with Crippen molar-refractivity contribution in [3.8, 4) is 0 Å². The number of carbonyl (C=O) groups is 2. The van der Waals surface area contributed by atoms with Crippen molar-refractivity contribution in [2.45, 2.75) is 177 Å². The summed E-state index contributed by atoms with van der Waals surface area (Å²) >= 11 is 3.40. The molecule has 0 spiro atoms. The van der Waals surface area contributed by atoms with Crippen LogP contribution in [0.4, 0.5) is 0 Å². The molecule has 0 radical (unpaired) electrons. The zero-order valence-corrected chi connectivity index (χ0v) is 38.3. The Labute approximate surface area is 353 Å². The number of benzene rings is 2. The molecule has 7 rings (SSSR count). The SMILES string of the molecule is C.CC(C)N1CCc2ccc(B3OC(C)(C)C(C)(C)O3)cc2C1=O.CC(C)N1CCc2ccc(Br)cc2C1=O.CC1(C)OB(B2OC(C)(C)C(C)(C)O2)OC1(C)C. The Morgan fingerprint density at radius 3 is 1.25 bits per heavy atom. The molecule has 3 saturated heterocycles. The van der Waals surface area contributed by atoms with Crippen molar-refractivity contribution >= 4 is 54.3 Å². The molecule has 3 fully saturated rings. The third-order valence-corrected chi connectivity index (χ3v) is 13.5. The number of rotatable bonds is 4. The van der Waals surface area contributed by atoms with Crippen LogP contribution in [0.3, 0.4) is 0 Å². The monoisotopic (exact) mass is 852 g/mol. The van der Waals surface area contributed by atoms with Crippen LogP contribution in [0.25, 0.3) is 0 Å². The van der Waals surface area contributed by atoms with Crippen LogP contribution in [0.1, 0.15) is 150 Å². The molecular weight excluding hydrogens is 785 g/mol. The minimum Gasteiger partial charge on any atom is -0.405 e. The van der Waals surface area contributed by atoms with Gasteiger partial charge in [0.25, 0.3) is 11.8 Å². The second-order valence-electron chi connectivity index (χ2n) is 19.2. The van der Waals surface area contributed by atoms with Gasteiger partial charge >= 0.3 is 21.1 Å². The largest absolute Gasteiger partial charge is 0.494 e. The third-order valence-electron chi connectivity index (χ3n) is 13.0. The summed E-state index contributed by atoms with van der Waals surface area (Å²) < 4.78 is 37.0. The van der Waals surface area contributed by atoms with E-state index in [-0.39, 0.29) is 64.9 Å². The highest BCUT2D eigenvalue weighted by Gasteiger charge is 2.63. The van der Waals surface area contributed by atoms with Crippen molar-refractivity contribution in [2.24, 2.45) is 0 Å². The van der Waals surface area contributed by atoms with Crippen molar-refractivity contribution in [1.29, 1.82) is 0 Å². The van der Waals surface area contributed by atoms with Gasteiger partial charge in [-0.1, -0.05) is 41.6 Å². The fourth-order valence-electron chi connectivity index (χ4n) is 7.08. The van der Waals surface area contributed by atoms with E-state index in [0.29, 0.717) is 0 Å². The maximum Gasteiger partial charge on any atom is 0.494 e. The number of fused-ring (bicyclic) bond motifs is 2. The molecule has 314 valence electrons. The van der Waals surface area contributed by atoms with Crippen molar-refractivity contribution in [1.82, 2.24) is 9.80 Å². The van der Waals surface area contributed by atoms with Gasteiger partial charge in [-0.2, -0.15) is 0 Å². The summed E-state index contributed by atoms with van der Waals surface area (Å²) in [6.45, 7) is 34.2. The molecule has 5 heterocycles. The minimum absolute atomic E-state index is 0. The Kier molecular flexibility index (Phi) is 13.9. The molecule has 57 heavy (non-hydrogen) atoms. The molecule has 0 unspecified atom stereocenters. The number of halogens is 1. The first-order chi connectivity index (χ1) is 25.6. The van der Waals surface area contributed by atoms with E-state index < -0.39 is 21.1 Å². The summed E-state index contributed by atoms with van der Waals surface area (Å²) in [4.78, 5) is 28.7. The molecule has 2 aromatic carbocycles. The lowest BCUT2D eigenvalue weighted by Crippen LogP contribution is -2.43. The van der Waals surface area contributed by atoms with E-state index in [0.717, 1.165) is 52.6 Å². The van der Waals surface area contributed by atoms with Crippen LogP contribution < -0.4 is 5.46 Å². The van der Waals surface area contributed by atoms with Crippen molar-refractivity contribution in [2.75, 3.05) is 13.1 Å². The van der Waals surface area contributed by atoms with Crippen LogP contribution >= 0.6 is 15.9 Å². The summed E-state index contributed by atoms with van der Waals surface area (Å²) in [7, 11) is -1.38. The van der Waals surface area contributed by atoms with Crippen molar-refractivity contribution < 1.29 is 37.5 Å². The van der Waals surface area contributed by atoms with Crippen molar-refractivity contribution in [3.63, 3.8) is 0 Å². The second kappa shape index (κ2) is 16.7. The normalized spacial score (nSPS) is 23.4. The van der Waals surface area contributed by atoms with Crippen LogP contribution in [0.15, 0.2) is 40.9 Å². The van der Waals surface area contributed by atoms with Gasteiger partial charge in [-0.25, -0.2) is 0 Å². The van der Waals surface area contributed by atoms with E-state index in [4.69, 9.17) is 27.9 Å². The number of hydrogen-bond acceptors (Lipinski definition) is 8. The highest BCUT2D eigenvalue weighted by atomic mass is 79.9. The first-order valence-electron chi connectivity index (χ1n) is 20.2. The molecule has 0 N–H and O–H groups in total. The molecule has 0 aliphatic carbocycles. The van der Waals surface area contributed by atoms with E-state index in [2.05, 4.69) is 43.6 Å². The molecule has 0 saturated carbocycles. The predicted molar refractivity (Wildman–Crippen MR) is 235 cm³/mol. The maximum atomic E-state index is 12.7. The molecule has 5 aliphatic rings. The summed E-state index contributed by atoms with van der Waals surface area (Å²) in [5.74, 6) is 0.271. The van der Waals surface area contributed by atoms with Gasteiger partial charge in [0.15, 0.2) is 0 Å². The highest BCUT2D eigenvalue weighted by Crippen LogP contribution is 2.43. The molecule has 2 aromatic rings. The van der Waals surface area contributed by atoms with Gasteiger partial charge in [-0.05, 0) is 158 Å². The Bertz CT molecular complexity index is 1720. The van der Waals surface area contributed by atoms with E-state index >= 15 is 0 Å². The van der Waals surface area contributed by atoms with Crippen LogP contribution in [0, 0.1) is 0 Å². The number of hydrogen-bond donors (Lipinski definition) is 0. The average Bonchev–Trinajstić information content (AvgIpc) is 3.54. The van der Waals surface area contributed by atoms with E-state index in [1.165, 1.54) is 5.56 Å². The van der Waals surface area contributed by atoms with Crippen LogP contribution in [0.2, 0.25) is 0 Å². The minimum atomic E-state index is -0.476. The third kappa shape index (κ3) is 9.58. The zero-order valence-electron chi connectivity index (χ0n) is 36.7. The fraction of sp³-hybridized carbons (Fsp3) is 0.674. The Morgan fingerprint density at radius 1 is 0.544 bits per heavy atom. The van der Waals surface area contributed by atoms with E-state index in [1.807, 2.05) is 129 Å². The topological polar surface area (TPSA) is 96.0 Å². The van der Waals surface area contributed by atoms with Crippen molar-refractivity contribution in [3.05, 3.63) is 63.1 Å². The van der Waals surface area contributed by atoms with E-state index in [9.17, 15) is 9.59 Å². The smallest absolute Gasteiger partial charge is 0.405 e. The van der Waals surface area contributed by atoms with Crippen LogP contribution in [-0.4, -0.2) is 102 Å².